The van der Waals surface area contributed by atoms with Crippen LogP contribution in [0.15, 0.2) is 10.5 Å². The molecule has 6 nitrogen and oxygen atoms in total. The van der Waals surface area contributed by atoms with E-state index in [-0.39, 0.29) is 12.5 Å². The number of ether oxygens (including phenoxy) is 1. The highest BCUT2D eigenvalue weighted by molar-refractivity contribution is 7.13. The first kappa shape index (κ1) is 10.6. The van der Waals surface area contributed by atoms with Gasteiger partial charge in [0.25, 0.3) is 0 Å². The van der Waals surface area contributed by atoms with E-state index in [1.807, 2.05) is 0 Å². The number of hydrogen-bond donors (Lipinski definition) is 1. The van der Waals surface area contributed by atoms with Crippen LogP contribution < -0.4 is 5.73 Å². The van der Waals surface area contributed by atoms with Crippen LogP contribution in [0, 0.1) is 0 Å². The zero-order valence-corrected chi connectivity index (χ0v) is 8.28. The highest BCUT2D eigenvalue weighted by Gasteiger charge is 2.07. The van der Waals surface area contributed by atoms with Crippen molar-refractivity contribution in [3.63, 3.8) is 0 Å². The van der Waals surface area contributed by atoms with E-state index in [9.17, 15) is 4.79 Å². The van der Waals surface area contributed by atoms with Crippen LogP contribution in [-0.2, 0) is 14.4 Å². The standard InChI is InChI=1S/C7H9N3O3S/c1-12-4-13-10-5(2-11)6-3-14-7(8)9-6/h2-3H,4H2,1H3,(H2,8,9)/b10-5+. The molecule has 1 aromatic rings. The highest BCUT2D eigenvalue weighted by atomic mass is 32.1. The highest BCUT2D eigenvalue weighted by Crippen LogP contribution is 2.11. The maximum Gasteiger partial charge on any atom is 0.216 e. The van der Waals surface area contributed by atoms with Gasteiger partial charge in [-0.05, 0) is 0 Å². The van der Waals surface area contributed by atoms with Crippen molar-refractivity contribution >= 4 is 28.5 Å². The zero-order valence-electron chi connectivity index (χ0n) is 7.47. The Morgan fingerprint density at radius 2 is 2.64 bits per heavy atom. The molecule has 0 aliphatic carbocycles. The van der Waals surface area contributed by atoms with Crippen molar-refractivity contribution in [2.75, 3.05) is 19.6 Å². The Bertz CT molecular complexity index is 337. The van der Waals surface area contributed by atoms with Gasteiger partial charge >= 0.3 is 0 Å². The number of carbonyl (C=O) groups is 1. The van der Waals surface area contributed by atoms with E-state index in [0.717, 1.165) is 0 Å². The fourth-order valence-corrected chi connectivity index (χ4v) is 1.24. The summed E-state index contributed by atoms with van der Waals surface area (Å²) in [7, 11) is 1.46. The Hall–Kier alpha value is -1.47. The number of anilines is 1. The molecule has 14 heavy (non-hydrogen) atoms. The summed E-state index contributed by atoms with van der Waals surface area (Å²) in [6, 6.07) is 0. The maximum absolute atomic E-state index is 10.6. The summed E-state index contributed by atoms with van der Waals surface area (Å²) in [6.45, 7) is -0.0169. The molecule has 0 amide bonds. The first-order valence-corrected chi connectivity index (χ1v) is 4.51. The lowest BCUT2D eigenvalue weighted by Gasteiger charge is -1.96. The van der Waals surface area contributed by atoms with Crippen LogP contribution in [0.1, 0.15) is 5.69 Å². The lowest BCUT2D eigenvalue weighted by Crippen LogP contribution is -2.05. The molecular formula is C7H9N3O3S. The van der Waals surface area contributed by atoms with Crippen LogP contribution in [-0.4, -0.2) is 30.9 Å². The molecule has 0 spiro atoms. The van der Waals surface area contributed by atoms with Crippen molar-refractivity contribution in [1.29, 1.82) is 0 Å². The Morgan fingerprint density at radius 3 is 3.14 bits per heavy atom. The second-order valence-electron chi connectivity index (χ2n) is 2.20. The number of hydrogen-bond acceptors (Lipinski definition) is 7. The van der Waals surface area contributed by atoms with Gasteiger partial charge < -0.3 is 15.3 Å². The second kappa shape index (κ2) is 5.30. The molecule has 0 aromatic carbocycles. The number of carbonyl (C=O) groups excluding carboxylic acids is 1. The summed E-state index contributed by atoms with van der Waals surface area (Å²) >= 11 is 1.23. The number of thiazole rings is 1. The molecule has 0 unspecified atom stereocenters. The van der Waals surface area contributed by atoms with E-state index in [0.29, 0.717) is 17.1 Å². The van der Waals surface area contributed by atoms with Gasteiger partial charge in [0.2, 0.25) is 6.79 Å². The minimum Gasteiger partial charge on any atom is -0.375 e. The largest absolute Gasteiger partial charge is 0.375 e. The number of aromatic nitrogens is 1. The predicted octanol–water partition coefficient (Wildman–Crippen LogP) is 0.249. The first-order chi connectivity index (χ1) is 6.77. The third-order valence-electron chi connectivity index (χ3n) is 1.23. The first-order valence-electron chi connectivity index (χ1n) is 3.63. The number of nitrogens with two attached hydrogens (primary N) is 1. The molecule has 0 saturated heterocycles. The number of aldehydes is 1. The van der Waals surface area contributed by atoms with Gasteiger partial charge in [0, 0.05) is 12.5 Å². The fourth-order valence-electron chi connectivity index (χ4n) is 0.683. The van der Waals surface area contributed by atoms with Crippen LogP contribution in [0.25, 0.3) is 0 Å². The molecule has 2 N–H and O–H groups in total. The Balaban J connectivity index is 2.71. The Morgan fingerprint density at radius 1 is 1.86 bits per heavy atom. The van der Waals surface area contributed by atoms with Crippen molar-refractivity contribution < 1.29 is 14.4 Å². The minimum absolute atomic E-state index is 0.0169. The van der Waals surface area contributed by atoms with E-state index < -0.39 is 0 Å². The monoisotopic (exact) mass is 215 g/mol. The van der Waals surface area contributed by atoms with Crippen molar-refractivity contribution in [2.24, 2.45) is 5.16 Å². The molecule has 0 aliphatic heterocycles. The summed E-state index contributed by atoms with van der Waals surface area (Å²) in [5, 5.41) is 5.53. The fraction of sp³-hybridized carbons (Fsp3) is 0.286. The van der Waals surface area contributed by atoms with Gasteiger partial charge in [-0.1, -0.05) is 5.16 Å². The van der Waals surface area contributed by atoms with Gasteiger partial charge in [-0.15, -0.1) is 11.3 Å². The minimum atomic E-state index is -0.0169. The Labute approximate surface area is 84.3 Å². The third kappa shape index (κ3) is 2.79. The van der Waals surface area contributed by atoms with E-state index >= 15 is 0 Å². The zero-order chi connectivity index (χ0) is 10.4. The van der Waals surface area contributed by atoms with Gasteiger partial charge in [0.05, 0.1) is 0 Å². The average Bonchev–Trinajstić information content (AvgIpc) is 2.60. The lowest BCUT2D eigenvalue weighted by molar-refractivity contribution is -0.103. The number of nitrogens with zero attached hydrogens (tertiary/aromatic N) is 2. The molecule has 0 radical (unpaired) electrons. The van der Waals surface area contributed by atoms with Crippen molar-refractivity contribution in [1.82, 2.24) is 4.98 Å². The molecule has 0 atom stereocenters. The van der Waals surface area contributed by atoms with Crippen LogP contribution in [0.4, 0.5) is 5.13 Å². The number of oxime groups is 1. The number of methoxy groups -OCH3 is 1. The van der Waals surface area contributed by atoms with E-state index in [1.165, 1.54) is 18.4 Å². The smallest absolute Gasteiger partial charge is 0.216 e. The van der Waals surface area contributed by atoms with Crippen LogP contribution in [0.2, 0.25) is 0 Å². The molecule has 1 rings (SSSR count). The number of nitrogen functional groups attached to an aromatic ring is 1. The average molecular weight is 215 g/mol. The molecule has 0 saturated carbocycles. The van der Waals surface area contributed by atoms with Gasteiger partial charge in [0.15, 0.2) is 17.1 Å². The maximum atomic E-state index is 10.6. The van der Waals surface area contributed by atoms with Gasteiger partial charge in [-0.3, -0.25) is 4.79 Å². The van der Waals surface area contributed by atoms with Crippen molar-refractivity contribution in [3.8, 4) is 0 Å². The molecule has 1 aromatic heterocycles. The topological polar surface area (TPSA) is 86.8 Å². The second-order valence-corrected chi connectivity index (χ2v) is 3.09. The quantitative estimate of drug-likeness (QED) is 0.250. The lowest BCUT2D eigenvalue weighted by atomic mass is 10.3. The van der Waals surface area contributed by atoms with Crippen LogP contribution in [0.5, 0.6) is 0 Å². The van der Waals surface area contributed by atoms with E-state index in [1.54, 1.807) is 5.38 Å². The normalized spacial score (nSPS) is 11.4. The van der Waals surface area contributed by atoms with Crippen molar-refractivity contribution in [2.45, 2.75) is 0 Å². The molecule has 7 heteroatoms. The molecule has 1 heterocycles. The summed E-state index contributed by atoms with van der Waals surface area (Å²) in [5.41, 5.74) is 5.89. The molecular weight excluding hydrogens is 206 g/mol. The van der Waals surface area contributed by atoms with Gasteiger partial charge in [0.1, 0.15) is 5.69 Å². The summed E-state index contributed by atoms with van der Waals surface area (Å²) in [5.74, 6) is 0. The van der Waals surface area contributed by atoms with Gasteiger partial charge in [-0.25, -0.2) is 4.98 Å². The van der Waals surface area contributed by atoms with Crippen molar-refractivity contribution in [3.05, 3.63) is 11.1 Å². The summed E-state index contributed by atoms with van der Waals surface area (Å²) in [4.78, 5) is 19.1. The Kier molecular flexibility index (Phi) is 4.02. The molecule has 0 bridgehead atoms. The van der Waals surface area contributed by atoms with Crippen LogP contribution in [0.3, 0.4) is 0 Å². The van der Waals surface area contributed by atoms with Crippen LogP contribution >= 0.6 is 11.3 Å². The molecule has 0 fully saturated rings. The van der Waals surface area contributed by atoms with Gasteiger partial charge in [-0.2, -0.15) is 0 Å². The molecule has 76 valence electrons. The third-order valence-corrected chi connectivity index (χ3v) is 1.90. The SMILES string of the molecule is COCO/N=C(\C=O)c1csc(N)n1. The summed E-state index contributed by atoms with van der Waals surface area (Å²) < 4.78 is 4.59. The van der Waals surface area contributed by atoms with E-state index in [4.69, 9.17) is 5.73 Å². The van der Waals surface area contributed by atoms with E-state index in [2.05, 4.69) is 19.7 Å². The molecule has 0 aliphatic rings. The number of rotatable bonds is 5. The predicted molar refractivity (Wildman–Crippen MR) is 52.1 cm³/mol. The summed E-state index contributed by atoms with van der Waals surface area (Å²) in [6.07, 6.45) is 0.546.